The molecule has 1 aromatic carbocycles. The summed E-state index contributed by atoms with van der Waals surface area (Å²) in [4.78, 5) is 26.4. The lowest BCUT2D eigenvalue weighted by molar-refractivity contribution is 0.168. The third-order valence-corrected chi connectivity index (χ3v) is 5.20. The van der Waals surface area contributed by atoms with Crippen molar-refractivity contribution in [2.24, 2.45) is 0 Å². The number of hydrogen-bond acceptors (Lipinski definition) is 6. The molecule has 0 unspecified atom stereocenters. The monoisotopic (exact) mass is 451 g/mol. The van der Waals surface area contributed by atoms with Crippen LogP contribution in [0.2, 0.25) is 4.34 Å². The number of amides is 1. The van der Waals surface area contributed by atoms with Gasteiger partial charge in [-0.25, -0.2) is 9.18 Å². The van der Waals surface area contributed by atoms with Crippen molar-refractivity contribution in [2.75, 3.05) is 18.4 Å². The number of aromatic nitrogens is 1. The molecular weight excluding hydrogens is 433 g/mol. The van der Waals surface area contributed by atoms with Gasteiger partial charge in [0.05, 0.1) is 16.1 Å². The number of carbonyl (C=O) groups excluding carboxylic acids is 1. The van der Waals surface area contributed by atoms with Crippen molar-refractivity contribution in [1.29, 1.82) is 0 Å². The second kappa shape index (κ2) is 9.75. The molecule has 1 amide bonds. The summed E-state index contributed by atoms with van der Waals surface area (Å²) in [5.41, 5.74) is 1.39. The van der Waals surface area contributed by atoms with Crippen LogP contribution >= 0.6 is 22.9 Å². The smallest absolute Gasteiger partial charge is 0.399 e. The topological polar surface area (TPSA) is 103 Å². The summed E-state index contributed by atoms with van der Waals surface area (Å²) in [5, 5.41) is 15.5. The summed E-state index contributed by atoms with van der Waals surface area (Å²) in [5.74, 6) is -0.568. The molecule has 0 aliphatic rings. The van der Waals surface area contributed by atoms with Crippen LogP contribution in [-0.2, 0) is 0 Å². The number of H-pyrrole nitrogens is 1. The lowest BCUT2D eigenvalue weighted by Crippen LogP contribution is -2.37. The summed E-state index contributed by atoms with van der Waals surface area (Å²) in [7, 11) is 0. The molecule has 1 atom stereocenters. The largest absolute Gasteiger partial charge is 0.413 e. The van der Waals surface area contributed by atoms with Crippen LogP contribution in [0, 0.1) is 12.7 Å². The van der Waals surface area contributed by atoms with Crippen LogP contribution in [0.25, 0.3) is 11.1 Å². The number of aliphatic hydroxyl groups is 1. The van der Waals surface area contributed by atoms with Crippen LogP contribution in [0.1, 0.15) is 5.69 Å². The quantitative estimate of drug-likeness (QED) is 0.438. The van der Waals surface area contributed by atoms with E-state index in [9.17, 15) is 19.1 Å². The van der Waals surface area contributed by atoms with Crippen molar-refractivity contribution >= 4 is 34.7 Å². The number of rotatable bonds is 7. The number of aliphatic hydroxyl groups excluding tert-OH is 1. The summed E-state index contributed by atoms with van der Waals surface area (Å²) < 4.78 is 19.9. The first kappa shape index (κ1) is 21.8. The summed E-state index contributed by atoms with van der Waals surface area (Å²) in [6.07, 6.45) is -1.71. The van der Waals surface area contributed by atoms with Gasteiger partial charge in [-0.2, -0.15) is 0 Å². The van der Waals surface area contributed by atoms with Crippen molar-refractivity contribution in [1.82, 2.24) is 10.3 Å². The fourth-order valence-electron chi connectivity index (χ4n) is 2.61. The lowest BCUT2D eigenvalue weighted by atomic mass is 10.1. The molecule has 10 heteroatoms. The molecule has 158 valence electrons. The van der Waals surface area contributed by atoms with E-state index in [2.05, 4.69) is 15.6 Å². The molecule has 30 heavy (non-hydrogen) atoms. The van der Waals surface area contributed by atoms with E-state index in [1.54, 1.807) is 37.3 Å². The number of hydrogen-bond donors (Lipinski definition) is 4. The van der Waals surface area contributed by atoms with Gasteiger partial charge in [0.1, 0.15) is 5.82 Å². The maximum Gasteiger partial charge on any atom is 0.413 e. The number of pyridine rings is 1. The minimum absolute atomic E-state index is 0.00745. The van der Waals surface area contributed by atoms with E-state index in [-0.39, 0.29) is 24.3 Å². The standard InChI is InChI=1S/C20H19ClFN3O4S/c1-11-2-4-14(19(27)25-11)12-3-5-16(15(22)8-12)23-9-13(26)10-24-20(28)29-18-7-6-17(21)30-18/h2-8,13,23,26H,9-10H2,1H3,(H,24,28)(H,25,27)/t13-/m1/s1. The number of ether oxygens (including phenoxy) is 1. The molecule has 0 bridgehead atoms. The zero-order valence-electron chi connectivity index (χ0n) is 15.9. The molecule has 0 spiro atoms. The Morgan fingerprint density at radius 2 is 2.07 bits per heavy atom. The number of benzene rings is 1. The fourth-order valence-corrected chi connectivity index (χ4v) is 3.48. The molecule has 2 aromatic heterocycles. The zero-order chi connectivity index (χ0) is 21.7. The highest BCUT2D eigenvalue weighted by molar-refractivity contribution is 7.17. The number of aromatic amines is 1. The first-order chi connectivity index (χ1) is 14.3. The molecule has 2 heterocycles. The molecule has 0 aliphatic carbocycles. The van der Waals surface area contributed by atoms with Crippen molar-refractivity contribution < 1.29 is 19.0 Å². The molecule has 0 radical (unpaired) electrons. The van der Waals surface area contributed by atoms with E-state index in [0.717, 1.165) is 11.3 Å². The zero-order valence-corrected chi connectivity index (χ0v) is 17.4. The van der Waals surface area contributed by atoms with Crippen LogP contribution in [0.4, 0.5) is 14.9 Å². The van der Waals surface area contributed by atoms with Crippen molar-refractivity contribution in [2.45, 2.75) is 13.0 Å². The highest BCUT2D eigenvalue weighted by Gasteiger charge is 2.12. The van der Waals surface area contributed by atoms with E-state index in [0.29, 0.717) is 26.2 Å². The van der Waals surface area contributed by atoms with E-state index in [1.807, 2.05) is 0 Å². The Balaban J connectivity index is 1.51. The third-order valence-electron chi connectivity index (χ3n) is 4.09. The predicted octanol–water partition coefficient (Wildman–Crippen LogP) is 3.77. The molecule has 0 saturated heterocycles. The van der Waals surface area contributed by atoms with E-state index < -0.39 is 18.0 Å². The van der Waals surface area contributed by atoms with E-state index >= 15 is 0 Å². The number of nitrogens with one attached hydrogen (secondary N) is 3. The lowest BCUT2D eigenvalue weighted by Gasteiger charge is -2.14. The summed E-state index contributed by atoms with van der Waals surface area (Å²) in [6, 6.07) is 10.9. The molecule has 0 aliphatic heterocycles. The van der Waals surface area contributed by atoms with Crippen molar-refractivity contribution in [3.63, 3.8) is 0 Å². The highest BCUT2D eigenvalue weighted by atomic mass is 35.5. The Labute approximate surface area is 180 Å². The first-order valence-corrected chi connectivity index (χ1v) is 10.1. The van der Waals surface area contributed by atoms with Gasteiger partial charge >= 0.3 is 6.09 Å². The molecule has 0 fully saturated rings. The predicted molar refractivity (Wildman–Crippen MR) is 115 cm³/mol. The van der Waals surface area contributed by atoms with Crippen LogP contribution in [-0.4, -0.2) is 35.4 Å². The normalized spacial score (nSPS) is 11.7. The van der Waals surface area contributed by atoms with Crippen LogP contribution in [0.3, 0.4) is 0 Å². The number of carbonyl (C=O) groups is 1. The molecule has 7 nitrogen and oxygen atoms in total. The van der Waals surface area contributed by atoms with Gasteiger partial charge in [-0.1, -0.05) is 29.0 Å². The van der Waals surface area contributed by atoms with Gasteiger partial charge in [0, 0.05) is 24.3 Å². The molecule has 0 saturated carbocycles. The van der Waals surface area contributed by atoms with Gasteiger partial charge in [-0.3, -0.25) is 4.79 Å². The molecular formula is C20H19ClFN3O4S. The average molecular weight is 452 g/mol. The average Bonchev–Trinajstić information content (AvgIpc) is 3.10. The van der Waals surface area contributed by atoms with Gasteiger partial charge in [-0.15, -0.1) is 0 Å². The summed E-state index contributed by atoms with van der Waals surface area (Å²) in [6.45, 7) is 1.66. The third kappa shape index (κ3) is 5.82. The van der Waals surface area contributed by atoms with Gasteiger partial charge in [0.15, 0.2) is 5.06 Å². The Morgan fingerprint density at radius 3 is 2.73 bits per heavy atom. The van der Waals surface area contributed by atoms with Gasteiger partial charge in [-0.05, 0) is 48.9 Å². The molecule has 3 rings (SSSR count). The maximum absolute atomic E-state index is 14.4. The second-order valence-electron chi connectivity index (χ2n) is 6.44. The Hall–Kier alpha value is -2.88. The van der Waals surface area contributed by atoms with Crippen molar-refractivity contribution in [3.8, 4) is 16.2 Å². The number of anilines is 1. The van der Waals surface area contributed by atoms with Crippen LogP contribution < -0.4 is 20.9 Å². The maximum atomic E-state index is 14.4. The minimum atomic E-state index is -0.983. The van der Waals surface area contributed by atoms with Gasteiger partial charge in [0.25, 0.3) is 5.56 Å². The summed E-state index contributed by atoms with van der Waals surface area (Å²) >= 11 is 6.86. The Bertz CT molecular complexity index is 1100. The first-order valence-electron chi connectivity index (χ1n) is 8.94. The van der Waals surface area contributed by atoms with Gasteiger partial charge in [0.2, 0.25) is 0 Å². The minimum Gasteiger partial charge on any atom is -0.399 e. The van der Waals surface area contributed by atoms with Crippen LogP contribution in [0.15, 0.2) is 47.3 Å². The highest BCUT2D eigenvalue weighted by Crippen LogP contribution is 2.28. The molecule has 3 aromatic rings. The fraction of sp³-hybridized carbons (Fsp3) is 0.200. The Morgan fingerprint density at radius 1 is 1.27 bits per heavy atom. The number of thiophene rings is 1. The Kier molecular flexibility index (Phi) is 7.09. The molecule has 4 N–H and O–H groups in total. The van der Waals surface area contributed by atoms with Gasteiger partial charge < -0.3 is 25.5 Å². The van der Waals surface area contributed by atoms with Crippen molar-refractivity contribution in [3.05, 3.63) is 68.7 Å². The SMILES string of the molecule is Cc1ccc(-c2ccc(NC[C@@H](O)CNC(=O)Oc3ccc(Cl)s3)c(F)c2)c(=O)[nH]1. The number of aryl methyl sites for hydroxylation is 1. The van der Waals surface area contributed by atoms with Crippen LogP contribution in [0.5, 0.6) is 5.06 Å². The number of halogens is 2. The van der Waals surface area contributed by atoms with E-state index in [4.69, 9.17) is 16.3 Å². The van der Waals surface area contributed by atoms with E-state index in [1.165, 1.54) is 12.1 Å². The second-order valence-corrected chi connectivity index (χ2v) is 8.12.